The van der Waals surface area contributed by atoms with Gasteiger partial charge in [0.1, 0.15) is 0 Å². The summed E-state index contributed by atoms with van der Waals surface area (Å²) in [6.07, 6.45) is 5.34. The van der Waals surface area contributed by atoms with Crippen LogP contribution in [0, 0.1) is 5.92 Å². The summed E-state index contributed by atoms with van der Waals surface area (Å²) in [7, 11) is 0. The summed E-state index contributed by atoms with van der Waals surface area (Å²) < 4.78 is 1.01. The number of amides is 2. The van der Waals surface area contributed by atoms with Gasteiger partial charge in [-0.3, -0.25) is 9.59 Å². The number of piperazine rings is 1. The maximum atomic E-state index is 12.9. The molecule has 3 aliphatic rings. The fourth-order valence-corrected chi connectivity index (χ4v) is 5.22. The van der Waals surface area contributed by atoms with E-state index in [9.17, 15) is 14.7 Å². The number of fused-ring (bicyclic) bond motifs is 1. The summed E-state index contributed by atoms with van der Waals surface area (Å²) in [6, 6.07) is 7.86. The lowest BCUT2D eigenvalue weighted by molar-refractivity contribution is -0.168. The van der Waals surface area contributed by atoms with Crippen molar-refractivity contribution in [3.05, 3.63) is 34.3 Å². The Bertz CT molecular complexity index is 687. The van der Waals surface area contributed by atoms with Crippen molar-refractivity contribution < 1.29 is 14.7 Å². The minimum atomic E-state index is -0.180. The second kappa shape index (κ2) is 7.31. The highest BCUT2D eigenvalue weighted by molar-refractivity contribution is 9.10. The zero-order valence-electron chi connectivity index (χ0n) is 14.8. The quantitative estimate of drug-likeness (QED) is 0.816. The molecule has 1 N–H and O–H groups in total. The third-order valence-electron chi connectivity index (χ3n) is 6.27. The summed E-state index contributed by atoms with van der Waals surface area (Å²) in [5, 5.41) is 9.82. The molecule has 0 radical (unpaired) electrons. The van der Waals surface area contributed by atoms with Gasteiger partial charge in [-0.25, -0.2) is 0 Å². The van der Waals surface area contributed by atoms with Crippen LogP contribution in [0.1, 0.15) is 43.6 Å². The van der Waals surface area contributed by atoms with Crippen molar-refractivity contribution in [2.75, 3.05) is 19.7 Å². The molecule has 2 aliphatic heterocycles. The van der Waals surface area contributed by atoms with Crippen molar-refractivity contribution in [3.63, 3.8) is 0 Å². The number of benzene rings is 1. The van der Waals surface area contributed by atoms with Gasteiger partial charge in [-0.2, -0.15) is 0 Å². The number of nitrogens with zero attached hydrogens (tertiary/aromatic N) is 2. The fraction of sp³-hybridized carbons (Fsp3) is 0.600. The Labute approximate surface area is 162 Å². The Morgan fingerprint density at radius 1 is 1.15 bits per heavy atom. The third-order valence-corrected chi connectivity index (χ3v) is 6.80. The maximum Gasteiger partial charge on any atom is 0.242 e. The van der Waals surface area contributed by atoms with Gasteiger partial charge in [0.25, 0.3) is 0 Å². The van der Waals surface area contributed by atoms with Gasteiger partial charge >= 0.3 is 0 Å². The Morgan fingerprint density at radius 2 is 1.85 bits per heavy atom. The van der Waals surface area contributed by atoms with E-state index >= 15 is 0 Å². The highest BCUT2D eigenvalue weighted by atomic mass is 79.9. The summed E-state index contributed by atoms with van der Waals surface area (Å²) in [5.74, 6) is 0.291. The van der Waals surface area contributed by atoms with Crippen molar-refractivity contribution in [2.45, 2.75) is 50.1 Å². The van der Waals surface area contributed by atoms with Crippen LogP contribution in [0.3, 0.4) is 0 Å². The Hall–Kier alpha value is -1.40. The van der Waals surface area contributed by atoms with Crippen molar-refractivity contribution in [1.29, 1.82) is 0 Å². The molecule has 2 amide bonds. The molecule has 0 aromatic heterocycles. The molecule has 140 valence electrons. The minimum absolute atomic E-state index is 0.0258. The lowest BCUT2D eigenvalue weighted by Crippen LogP contribution is -2.73. The molecule has 5 nitrogen and oxygen atoms in total. The molecule has 6 heteroatoms. The van der Waals surface area contributed by atoms with Crippen molar-refractivity contribution in [3.8, 4) is 0 Å². The van der Waals surface area contributed by atoms with E-state index in [1.54, 1.807) is 9.80 Å². The van der Waals surface area contributed by atoms with Crippen molar-refractivity contribution >= 4 is 27.7 Å². The first-order valence-corrected chi connectivity index (χ1v) is 10.4. The normalized spacial score (nSPS) is 29.3. The standard InChI is InChI=1S/C20H25BrN2O3/c21-15-8-6-13(7-9-15)19-16-10-22(11-18(25)23(16)17(19)12-24)20(26)14-4-2-1-3-5-14/h6-9,14,16-17,19,24H,1-5,10-12H2/t16-,17-,19+/m1/s1. The zero-order valence-corrected chi connectivity index (χ0v) is 16.4. The van der Waals surface area contributed by atoms with Crippen LogP contribution in [0.5, 0.6) is 0 Å². The molecule has 1 aromatic carbocycles. The fourth-order valence-electron chi connectivity index (χ4n) is 4.96. The number of hydrogen-bond donors (Lipinski definition) is 1. The van der Waals surface area contributed by atoms with Crippen LogP contribution in [0.25, 0.3) is 0 Å². The zero-order chi connectivity index (χ0) is 18.3. The predicted octanol–water partition coefficient (Wildman–Crippen LogP) is 2.53. The molecule has 0 spiro atoms. The van der Waals surface area contributed by atoms with Gasteiger partial charge in [-0.15, -0.1) is 0 Å². The number of rotatable bonds is 3. The van der Waals surface area contributed by atoms with Crippen LogP contribution in [0.4, 0.5) is 0 Å². The van der Waals surface area contributed by atoms with Crippen LogP contribution >= 0.6 is 15.9 Å². The number of carbonyl (C=O) groups is 2. The average Bonchev–Trinajstić information content (AvgIpc) is 2.65. The third kappa shape index (κ3) is 3.07. The highest BCUT2D eigenvalue weighted by Crippen LogP contribution is 2.43. The largest absolute Gasteiger partial charge is 0.394 e. The van der Waals surface area contributed by atoms with E-state index in [1.165, 1.54) is 6.42 Å². The van der Waals surface area contributed by atoms with E-state index < -0.39 is 0 Å². The number of aliphatic hydroxyl groups excluding tert-OH is 1. The highest BCUT2D eigenvalue weighted by Gasteiger charge is 2.54. The van der Waals surface area contributed by atoms with Gasteiger partial charge in [0, 0.05) is 22.9 Å². The molecule has 1 saturated carbocycles. The van der Waals surface area contributed by atoms with E-state index in [2.05, 4.69) is 15.9 Å². The van der Waals surface area contributed by atoms with Crippen LogP contribution in [-0.4, -0.2) is 58.5 Å². The second-order valence-electron chi connectivity index (χ2n) is 7.75. The van der Waals surface area contributed by atoms with E-state index in [0.29, 0.717) is 6.54 Å². The number of halogens is 1. The molecule has 3 atom stereocenters. The van der Waals surface area contributed by atoms with Gasteiger partial charge in [-0.05, 0) is 30.5 Å². The molecule has 1 aromatic rings. The van der Waals surface area contributed by atoms with Gasteiger partial charge in [-0.1, -0.05) is 47.3 Å². The molecular formula is C20H25BrN2O3. The predicted molar refractivity (Wildman–Crippen MR) is 102 cm³/mol. The van der Waals surface area contributed by atoms with Crippen LogP contribution in [0.15, 0.2) is 28.7 Å². The smallest absolute Gasteiger partial charge is 0.242 e. The second-order valence-corrected chi connectivity index (χ2v) is 8.66. The van der Waals surface area contributed by atoms with Crippen molar-refractivity contribution in [2.24, 2.45) is 5.92 Å². The van der Waals surface area contributed by atoms with E-state index in [0.717, 1.165) is 35.7 Å². The van der Waals surface area contributed by atoms with Gasteiger partial charge in [0.15, 0.2) is 0 Å². The summed E-state index contributed by atoms with van der Waals surface area (Å²) in [5.41, 5.74) is 1.12. The van der Waals surface area contributed by atoms with E-state index in [1.807, 2.05) is 24.3 Å². The number of hydrogen-bond acceptors (Lipinski definition) is 3. The first kappa shape index (κ1) is 18.0. The maximum absolute atomic E-state index is 12.9. The summed E-state index contributed by atoms with van der Waals surface area (Å²) in [6.45, 7) is 0.702. The monoisotopic (exact) mass is 420 g/mol. The first-order valence-electron chi connectivity index (χ1n) is 9.56. The van der Waals surface area contributed by atoms with E-state index in [-0.39, 0.29) is 48.9 Å². The molecule has 2 heterocycles. The molecule has 1 aliphatic carbocycles. The molecule has 2 saturated heterocycles. The van der Waals surface area contributed by atoms with E-state index in [4.69, 9.17) is 0 Å². The van der Waals surface area contributed by atoms with Gasteiger partial charge in [0.05, 0.1) is 25.2 Å². The number of carbonyl (C=O) groups excluding carboxylic acids is 2. The van der Waals surface area contributed by atoms with Crippen LogP contribution < -0.4 is 0 Å². The van der Waals surface area contributed by atoms with Gasteiger partial charge < -0.3 is 14.9 Å². The molecule has 3 fully saturated rings. The minimum Gasteiger partial charge on any atom is -0.394 e. The Morgan fingerprint density at radius 3 is 2.50 bits per heavy atom. The Balaban J connectivity index is 1.53. The topological polar surface area (TPSA) is 60.9 Å². The summed E-state index contributed by atoms with van der Waals surface area (Å²) >= 11 is 3.45. The SMILES string of the molecule is O=C(C1CCCCC1)N1CC(=O)N2[C@H](CO)[C@@H](c3ccc(Br)cc3)[C@H]2C1. The first-order chi connectivity index (χ1) is 12.6. The molecule has 4 rings (SSSR count). The van der Waals surface area contributed by atoms with Crippen LogP contribution in [-0.2, 0) is 9.59 Å². The molecule has 26 heavy (non-hydrogen) atoms. The lowest BCUT2D eigenvalue weighted by Gasteiger charge is -2.59. The Kier molecular flexibility index (Phi) is 5.06. The molecule has 0 unspecified atom stereocenters. The summed E-state index contributed by atoms with van der Waals surface area (Å²) in [4.78, 5) is 29.2. The van der Waals surface area contributed by atoms with Gasteiger partial charge in [0.2, 0.25) is 11.8 Å². The number of aliphatic hydroxyl groups is 1. The molecule has 0 bridgehead atoms. The lowest BCUT2D eigenvalue weighted by atomic mass is 9.73. The van der Waals surface area contributed by atoms with Crippen molar-refractivity contribution in [1.82, 2.24) is 9.80 Å². The van der Waals surface area contributed by atoms with Crippen LogP contribution in [0.2, 0.25) is 0 Å². The average molecular weight is 421 g/mol. The molecular weight excluding hydrogens is 396 g/mol.